The molecule has 0 aromatic carbocycles. The molecule has 0 aromatic heterocycles. The van der Waals surface area contributed by atoms with E-state index in [0.29, 0.717) is 0 Å². The average molecular weight is 459 g/mol. The smallest absolute Gasteiger partial charge is 0.0433 e. The van der Waals surface area contributed by atoms with E-state index in [4.69, 9.17) is 5.11 Å². The van der Waals surface area contributed by atoms with Crippen molar-refractivity contribution in [2.45, 2.75) is 72.6 Å². The number of rotatable bonds is 13. The fourth-order valence-corrected chi connectivity index (χ4v) is 3.55. The molecule has 0 saturated heterocycles. The number of hydrogen-bond acceptors (Lipinski definition) is 1. The minimum Gasteiger partial charge on any atom is -0.396 e. The number of unbranched alkanes of at least 4 members (excludes halogenated alkanes) is 1. The lowest BCUT2D eigenvalue weighted by atomic mass is 9.89. The summed E-state index contributed by atoms with van der Waals surface area (Å²) in [5.74, 6) is 0.784. The summed E-state index contributed by atoms with van der Waals surface area (Å²) in [5, 5.41) is 8.75. The van der Waals surface area contributed by atoms with Crippen LogP contribution in [0.25, 0.3) is 0 Å². The average Bonchev–Trinajstić information content (AvgIpc) is 2.83. The number of aliphatic hydroxyl groups is 1. The van der Waals surface area contributed by atoms with Crippen LogP contribution in [0.3, 0.4) is 0 Å². The molecule has 34 heavy (non-hydrogen) atoms. The van der Waals surface area contributed by atoms with Crippen molar-refractivity contribution in [2.75, 3.05) is 6.61 Å². The van der Waals surface area contributed by atoms with Crippen LogP contribution in [0.1, 0.15) is 72.6 Å². The van der Waals surface area contributed by atoms with Crippen molar-refractivity contribution in [2.24, 2.45) is 5.92 Å². The first-order chi connectivity index (χ1) is 16.5. The van der Waals surface area contributed by atoms with E-state index in [9.17, 15) is 0 Å². The van der Waals surface area contributed by atoms with Crippen LogP contribution in [0, 0.1) is 5.92 Å². The van der Waals surface area contributed by atoms with E-state index in [1.165, 1.54) is 54.4 Å². The number of aliphatic hydroxyl groups excluding tert-OH is 1. The minimum atomic E-state index is 0.252. The predicted octanol–water partition coefficient (Wildman–Crippen LogP) is 9.46. The van der Waals surface area contributed by atoms with Gasteiger partial charge in [-0.15, -0.1) is 0 Å². The Morgan fingerprint density at radius 2 is 1.12 bits per heavy atom. The maximum absolute atomic E-state index is 8.75. The molecule has 0 heterocycles. The Labute approximate surface area is 209 Å². The Morgan fingerprint density at radius 3 is 1.68 bits per heavy atom. The predicted molar refractivity (Wildman–Crippen MR) is 153 cm³/mol. The standard InChI is InChI=1S/C33H46O/c1-29(17-9-6-5-7-14-28-34)20-15-21-30(2)18-12-13-19-31(3)22-16-23-32(4)26-27-33-24-10-8-11-25-33/h5-6,9,12-13,15-23,26-27,33-34H,7-8,10-11,14,24-25,28H2,1-4H3/b6-5+,13-12+,17-9+,21-15+,22-16+,27-26+,29-20+,30-18+,31-19+,32-23+. The van der Waals surface area contributed by atoms with Crippen LogP contribution in [0.5, 0.6) is 0 Å². The molecule has 0 spiro atoms. The van der Waals surface area contributed by atoms with Crippen molar-refractivity contribution < 1.29 is 5.11 Å². The molecule has 0 unspecified atom stereocenters. The summed E-state index contributed by atoms with van der Waals surface area (Å²) >= 11 is 0. The summed E-state index contributed by atoms with van der Waals surface area (Å²) in [6.07, 6.45) is 42.8. The molecule has 1 nitrogen and oxygen atoms in total. The van der Waals surface area contributed by atoms with Gasteiger partial charge in [0.1, 0.15) is 0 Å². The van der Waals surface area contributed by atoms with E-state index >= 15 is 0 Å². The fourth-order valence-electron chi connectivity index (χ4n) is 3.55. The highest BCUT2D eigenvalue weighted by molar-refractivity contribution is 5.32. The van der Waals surface area contributed by atoms with E-state index in [1.807, 2.05) is 12.2 Å². The van der Waals surface area contributed by atoms with Crippen molar-refractivity contribution in [1.82, 2.24) is 0 Å². The highest BCUT2D eigenvalue weighted by atomic mass is 16.2. The van der Waals surface area contributed by atoms with Crippen LogP contribution in [-0.2, 0) is 0 Å². The van der Waals surface area contributed by atoms with Crippen molar-refractivity contribution in [3.63, 3.8) is 0 Å². The van der Waals surface area contributed by atoms with Crippen LogP contribution < -0.4 is 0 Å². The third-order valence-electron chi connectivity index (χ3n) is 5.68. The van der Waals surface area contributed by atoms with Crippen molar-refractivity contribution in [3.05, 3.63) is 120 Å². The molecule has 0 bridgehead atoms. The highest BCUT2D eigenvalue weighted by Crippen LogP contribution is 2.24. The lowest BCUT2D eigenvalue weighted by molar-refractivity contribution is 0.289. The van der Waals surface area contributed by atoms with Gasteiger partial charge in [-0.05, 0) is 59.3 Å². The summed E-state index contributed by atoms with van der Waals surface area (Å²) in [4.78, 5) is 0. The molecular weight excluding hydrogens is 412 g/mol. The number of hydrogen-bond donors (Lipinski definition) is 1. The molecule has 184 valence electrons. The van der Waals surface area contributed by atoms with Crippen LogP contribution in [0.2, 0.25) is 0 Å². The molecule has 0 aromatic rings. The quantitative estimate of drug-likeness (QED) is 0.215. The molecule has 0 atom stereocenters. The van der Waals surface area contributed by atoms with E-state index < -0.39 is 0 Å². The van der Waals surface area contributed by atoms with E-state index in [-0.39, 0.29) is 6.61 Å². The van der Waals surface area contributed by atoms with Gasteiger partial charge in [0.15, 0.2) is 0 Å². The Balaban J connectivity index is 2.43. The van der Waals surface area contributed by atoms with Gasteiger partial charge in [0, 0.05) is 6.61 Å². The summed E-state index contributed by atoms with van der Waals surface area (Å²) in [6, 6.07) is 0. The molecule has 1 N–H and O–H groups in total. The second kappa shape index (κ2) is 19.8. The van der Waals surface area contributed by atoms with Crippen LogP contribution in [0.4, 0.5) is 0 Å². The van der Waals surface area contributed by atoms with Gasteiger partial charge in [0.05, 0.1) is 0 Å². The van der Waals surface area contributed by atoms with Gasteiger partial charge in [-0.3, -0.25) is 0 Å². The summed E-state index contributed by atoms with van der Waals surface area (Å²) in [7, 11) is 0. The van der Waals surface area contributed by atoms with Gasteiger partial charge < -0.3 is 5.11 Å². The Bertz CT molecular complexity index is 856. The van der Waals surface area contributed by atoms with Gasteiger partial charge >= 0.3 is 0 Å². The maximum atomic E-state index is 8.75. The van der Waals surface area contributed by atoms with E-state index in [0.717, 1.165) is 18.8 Å². The summed E-state index contributed by atoms with van der Waals surface area (Å²) in [6.45, 7) is 8.75. The molecule has 1 heteroatoms. The van der Waals surface area contributed by atoms with Crippen molar-refractivity contribution in [1.29, 1.82) is 0 Å². The molecule has 1 rings (SSSR count). The molecule has 0 radical (unpaired) electrons. The highest BCUT2D eigenvalue weighted by Gasteiger charge is 2.09. The third kappa shape index (κ3) is 16.9. The Morgan fingerprint density at radius 1 is 0.618 bits per heavy atom. The van der Waals surface area contributed by atoms with Crippen molar-refractivity contribution in [3.8, 4) is 0 Å². The van der Waals surface area contributed by atoms with Crippen molar-refractivity contribution >= 4 is 0 Å². The molecule has 1 fully saturated rings. The molecular formula is C33H46O. The lowest BCUT2D eigenvalue weighted by Gasteiger charge is -2.17. The topological polar surface area (TPSA) is 20.2 Å². The SMILES string of the molecule is CC(/C=C/C=C(C)/C=C/C=C/CCCO)=C\C=C\C=C(C)\C=C\C=C(C)\C=C\C1CCCCC1. The van der Waals surface area contributed by atoms with Gasteiger partial charge in [-0.1, -0.05) is 139 Å². The number of allylic oxidation sites excluding steroid dienone is 20. The third-order valence-corrected chi connectivity index (χ3v) is 5.68. The molecule has 1 aliphatic rings. The lowest BCUT2D eigenvalue weighted by Crippen LogP contribution is -2.02. The first-order valence-electron chi connectivity index (χ1n) is 12.9. The fraction of sp³-hybridized carbons (Fsp3) is 0.394. The van der Waals surface area contributed by atoms with Gasteiger partial charge in [0.25, 0.3) is 0 Å². The Kier molecular flexibility index (Phi) is 17.1. The van der Waals surface area contributed by atoms with Gasteiger partial charge in [0.2, 0.25) is 0 Å². The Hall–Kier alpha value is -2.64. The minimum absolute atomic E-state index is 0.252. The first kappa shape index (κ1) is 29.4. The monoisotopic (exact) mass is 458 g/mol. The maximum Gasteiger partial charge on any atom is 0.0433 e. The van der Waals surface area contributed by atoms with Gasteiger partial charge in [-0.2, -0.15) is 0 Å². The first-order valence-corrected chi connectivity index (χ1v) is 12.9. The molecule has 0 aliphatic heterocycles. The summed E-state index contributed by atoms with van der Waals surface area (Å²) < 4.78 is 0. The summed E-state index contributed by atoms with van der Waals surface area (Å²) in [5.41, 5.74) is 4.95. The van der Waals surface area contributed by atoms with Crippen LogP contribution >= 0.6 is 0 Å². The zero-order valence-electron chi connectivity index (χ0n) is 21.9. The van der Waals surface area contributed by atoms with Crippen LogP contribution in [-0.4, -0.2) is 11.7 Å². The largest absolute Gasteiger partial charge is 0.396 e. The zero-order chi connectivity index (χ0) is 24.9. The molecule has 1 aliphatic carbocycles. The molecule has 0 amide bonds. The normalized spacial score (nSPS) is 18.4. The van der Waals surface area contributed by atoms with E-state index in [1.54, 1.807) is 0 Å². The van der Waals surface area contributed by atoms with E-state index in [2.05, 4.69) is 113 Å². The molecule has 1 saturated carbocycles. The van der Waals surface area contributed by atoms with Gasteiger partial charge in [-0.25, -0.2) is 0 Å². The zero-order valence-corrected chi connectivity index (χ0v) is 21.9. The second-order valence-electron chi connectivity index (χ2n) is 9.16. The van der Waals surface area contributed by atoms with Crippen LogP contribution in [0.15, 0.2) is 120 Å². The second-order valence-corrected chi connectivity index (χ2v) is 9.16.